The van der Waals surface area contributed by atoms with Crippen LogP contribution in [0.4, 0.5) is 15.8 Å². The van der Waals surface area contributed by atoms with Crippen LogP contribution in [-0.4, -0.2) is 66.4 Å². The van der Waals surface area contributed by atoms with Gasteiger partial charge in [0, 0.05) is 57.6 Å². The van der Waals surface area contributed by atoms with Crippen LogP contribution in [0.5, 0.6) is 0 Å². The number of ether oxygens (including phenoxy) is 1. The summed E-state index contributed by atoms with van der Waals surface area (Å²) < 4.78 is 21.0. The van der Waals surface area contributed by atoms with Crippen LogP contribution in [0.2, 0.25) is 0 Å². The molecule has 0 N–H and O–H groups in total. The second-order valence-electron chi connectivity index (χ2n) is 10.8. The van der Waals surface area contributed by atoms with Crippen LogP contribution >= 0.6 is 0 Å². The Balaban J connectivity index is 1.31. The summed E-state index contributed by atoms with van der Waals surface area (Å²) in [5.74, 6) is -0.255. The second-order valence-corrected chi connectivity index (χ2v) is 10.8. The van der Waals surface area contributed by atoms with E-state index in [0.717, 1.165) is 56.2 Å². The highest BCUT2D eigenvalue weighted by molar-refractivity contribution is 5.89. The smallest absolute Gasteiger partial charge is 0.252 e. The quantitative estimate of drug-likeness (QED) is 0.369. The summed E-state index contributed by atoms with van der Waals surface area (Å²) in [6, 6.07) is 22.7. The number of pyridine rings is 2. The van der Waals surface area contributed by atoms with Crippen LogP contribution in [0, 0.1) is 17.1 Å². The van der Waals surface area contributed by atoms with E-state index in [1.54, 1.807) is 29.8 Å². The molecule has 41 heavy (non-hydrogen) atoms. The summed E-state index contributed by atoms with van der Waals surface area (Å²) in [5, 5.41) is 9.46. The van der Waals surface area contributed by atoms with E-state index in [-0.39, 0.29) is 23.5 Å². The number of halogens is 1. The van der Waals surface area contributed by atoms with Gasteiger partial charge < -0.3 is 19.1 Å². The molecule has 8 nitrogen and oxygen atoms in total. The molecule has 0 aliphatic carbocycles. The van der Waals surface area contributed by atoms with Gasteiger partial charge in [0.2, 0.25) is 0 Å². The van der Waals surface area contributed by atoms with Crippen LogP contribution in [0.15, 0.2) is 71.5 Å². The number of hydrogen-bond donors (Lipinski definition) is 0. The van der Waals surface area contributed by atoms with Crippen molar-refractivity contribution in [2.24, 2.45) is 7.05 Å². The van der Waals surface area contributed by atoms with Gasteiger partial charge in [0.05, 0.1) is 30.5 Å². The first-order chi connectivity index (χ1) is 19.9. The minimum absolute atomic E-state index is 0.0531. The predicted octanol–water partition coefficient (Wildman–Crippen LogP) is 4.08. The average molecular weight is 553 g/mol. The van der Waals surface area contributed by atoms with Crippen LogP contribution in [0.3, 0.4) is 0 Å². The number of aromatic nitrogens is 2. The lowest BCUT2D eigenvalue weighted by Crippen LogP contribution is -2.53. The maximum absolute atomic E-state index is 13.9. The predicted molar refractivity (Wildman–Crippen MR) is 158 cm³/mol. The van der Waals surface area contributed by atoms with E-state index in [0.29, 0.717) is 23.3 Å². The molecule has 2 aromatic carbocycles. The standard InChI is InChI=1S/C32H33FN6O2/c1-22-21-38(13-14-39(22)29-19-30(40)36(2)28-12-9-26(20-34)35-31(28)29)32(23-3-7-25(33)8-4-23)24-5-10-27(11-6-24)37-15-17-41-18-16-37/h3-12,19,22,32H,13-18,21H2,1-2H3/t22-,32?/m0/s1. The van der Waals surface area contributed by atoms with Crippen molar-refractivity contribution in [1.29, 1.82) is 5.26 Å². The average Bonchev–Trinajstić information content (AvgIpc) is 3.01. The summed E-state index contributed by atoms with van der Waals surface area (Å²) in [6.07, 6.45) is 0. The molecule has 2 aliphatic heterocycles. The normalized spacial score (nSPS) is 18.8. The maximum atomic E-state index is 13.9. The molecule has 0 radical (unpaired) electrons. The Morgan fingerprint density at radius 2 is 1.66 bits per heavy atom. The molecular weight excluding hydrogens is 519 g/mol. The van der Waals surface area contributed by atoms with E-state index < -0.39 is 0 Å². The molecule has 2 saturated heterocycles. The highest BCUT2D eigenvalue weighted by Gasteiger charge is 2.32. The van der Waals surface area contributed by atoms with Gasteiger partial charge in [-0.25, -0.2) is 9.37 Å². The van der Waals surface area contributed by atoms with Gasteiger partial charge in [0.1, 0.15) is 23.1 Å². The largest absolute Gasteiger partial charge is 0.378 e. The molecule has 1 unspecified atom stereocenters. The third kappa shape index (κ3) is 5.29. The van der Waals surface area contributed by atoms with Crippen molar-refractivity contribution in [3.8, 4) is 6.07 Å². The zero-order valence-electron chi connectivity index (χ0n) is 23.3. The van der Waals surface area contributed by atoms with E-state index in [1.807, 2.05) is 12.1 Å². The van der Waals surface area contributed by atoms with Crippen LogP contribution < -0.4 is 15.4 Å². The number of morpholine rings is 1. The van der Waals surface area contributed by atoms with Gasteiger partial charge in [-0.1, -0.05) is 24.3 Å². The number of aryl methyl sites for hydroxylation is 1. The van der Waals surface area contributed by atoms with Gasteiger partial charge in [-0.05, 0) is 54.4 Å². The van der Waals surface area contributed by atoms with E-state index in [4.69, 9.17) is 4.74 Å². The Hall–Kier alpha value is -4.26. The van der Waals surface area contributed by atoms with Gasteiger partial charge in [-0.3, -0.25) is 9.69 Å². The SMILES string of the molecule is C[C@H]1CN(C(c2ccc(F)cc2)c2ccc(N3CCOCC3)cc2)CCN1c1cc(=O)n(C)c2ccc(C#N)nc12. The molecule has 0 saturated carbocycles. The first-order valence-electron chi connectivity index (χ1n) is 14.0. The van der Waals surface area contributed by atoms with E-state index >= 15 is 0 Å². The lowest BCUT2D eigenvalue weighted by molar-refractivity contribution is 0.122. The third-order valence-electron chi connectivity index (χ3n) is 8.29. The first-order valence-corrected chi connectivity index (χ1v) is 14.0. The number of anilines is 2. The maximum Gasteiger partial charge on any atom is 0.252 e. The topological polar surface area (TPSA) is 77.6 Å². The monoisotopic (exact) mass is 552 g/mol. The number of benzene rings is 2. The summed E-state index contributed by atoms with van der Waals surface area (Å²) >= 11 is 0. The lowest BCUT2D eigenvalue weighted by Gasteiger charge is -2.45. The highest BCUT2D eigenvalue weighted by Crippen LogP contribution is 2.34. The Morgan fingerprint density at radius 1 is 0.976 bits per heavy atom. The molecule has 2 fully saturated rings. The van der Waals surface area contributed by atoms with Crippen LogP contribution in [0.1, 0.15) is 29.8 Å². The molecule has 2 atom stereocenters. The van der Waals surface area contributed by atoms with Crippen molar-refractivity contribution >= 4 is 22.4 Å². The number of hydrogen-bond acceptors (Lipinski definition) is 7. The molecule has 4 aromatic rings. The Kier molecular flexibility index (Phi) is 7.43. The third-order valence-corrected chi connectivity index (χ3v) is 8.29. The highest BCUT2D eigenvalue weighted by atomic mass is 19.1. The minimum Gasteiger partial charge on any atom is -0.378 e. The summed E-state index contributed by atoms with van der Waals surface area (Å²) in [6.45, 7) is 7.49. The van der Waals surface area contributed by atoms with Crippen molar-refractivity contribution in [1.82, 2.24) is 14.5 Å². The molecule has 6 rings (SSSR count). The number of piperazine rings is 1. The van der Waals surface area contributed by atoms with Crippen LogP contribution in [-0.2, 0) is 11.8 Å². The molecule has 0 bridgehead atoms. The first kappa shape index (κ1) is 26.9. The molecular formula is C32H33FN6O2. The van der Waals surface area contributed by atoms with Crippen molar-refractivity contribution in [2.45, 2.75) is 19.0 Å². The molecule has 0 spiro atoms. The number of nitriles is 1. The Bertz CT molecular complexity index is 1640. The lowest BCUT2D eigenvalue weighted by atomic mass is 9.95. The number of fused-ring (bicyclic) bond motifs is 1. The van der Waals surface area contributed by atoms with Gasteiger partial charge >= 0.3 is 0 Å². The van der Waals surface area contributed by atoms with Crippen molar-refractivity contribution in [3.05, 3.63) is 99.7 Å². The van der Waals surface area contributed by atoms with E-state index in [1.165, 1.54) is 17.8 Å². The Labute approximate surface area is 238 Å². The van der Waals surface area contributed by atoms with Crippen molar-refractivity contribution in [3.63, 3.8) is 0 Å². The van der Waals surface area contributed by atoms with E-state index in [9.17, 15) is 14.4 Å². The molecule has 2 aliphatic rings. The molecule has 210 valence electrons. The number of rotatable bonds is 5. The van der Waals surface area contributed by atoms with E-state index in [2.05, 4.69) is 56.9 Å². The summed E-state index contributed by atoms with van der Waals surface area (Å²) in [7, 11) is 1.72. The fourth-order valence-electron chi connectivity index (χ4n) is 6.12. The molecule has 2 aromatic heterocycles. The Morgan fingerprint density at radius 3 is 2.32 bits per heavy atom. The number of nitrogens with zero attached hydrogens (tertiary/aromatic N) is 6. The van der Waals surface area contributed by atoms with Gasteiger partial charge in [-0.2, -0.15) is 5.26 Å². The van der Waals surface area contributed by atoms with Crippen molar-refractivity contribution in [2.75, 3.05) is 55.7 Å². The zero-order valence-corrected chi connectivity index (χ0v) is 23.3. The second kappa shape index (κ2) is 11.3. The molecule has 4 heterocycles. The van der Waals surface area contributed by atoms with Gasteiger partial charge in [-0.15, -0.1) is 0 Å². The van der Waals surface area contributed by atoms with Gasteiger partial charge in [0.15, 0.2) is 0 Å². The summed E-state index contributed by atoms with van der Waals surface area (Å²) in [4.78, 5) is 24.4. The van der Waals surface area contributed by atoms with Gasteiger partial charge in [0.25, 0.3) is 5.56 Å². The minimum atomic E-state index is -0.255. The zero-order chi connectivity index (χ0) is 28.5. The van der Waals surface area contributed by atoms with Crippen molar-refractivity contribution < 1.29 is 9.13 Å². The van der Waals surface area contributed by atoms with Crippen LogP contribution in [0.25, 0.3) is 11.0 Å². The molecule has 9 heteroatoms. The fraction of sp³-hybridized carbons (Fsp3) is 0.344. The fourth-order valence-corrected chi connectivity index (χ4v) is 6.12. The summed E-state index contributed by atoms with van der Waals surface area (Å²) in [5.41, 5.74) is 5.67. The molecule has 0 amide bonds.